The fraction of sp³-hybridized carbons (Fsp3) is 0.875. The van der Waals surface area contributed by atoms with Gasteiger partial charge in [0.15, 0.2) is 0 Å². The molecule has 6 amide bonds. The van der Waals surface area contributed by atoms with Crippen LogP contribution >= 0.6 is 0 Å². The molecule has 0 bridgehead atoms. The zero-order valence-electron chi connectivity index (χ0n) is 35.8. The van der Waals surface area contributed by atoms with Gasteiger partial charge in [-0.05, 0) is 187 Å². The topological polar surface area (TPSA) is 175 Å². The Morgan fingerprint density at radius 2 is 0.350 bits per heavy atom. The van der Waals surface area contributed by atoms with E-state index in [4.69, 9.17) is 0 Å². The molecule has 10 fully saturated rings. The molecule has 330 valence electrons. The van der Waals surface area contributed by atoms with Crippen LogP contribution in [0.4, 0.5) is 0 Å². The summed E-state index contributed by atoms with van der Waals surface area (Å²) in [4.78, 5) is 75.5. The molecule has 10 rings (SSSR count). The minimum absolute atomic E-state index is 0.180. The zero-order chi connectivity index (χ0) is 41.1. The molecule has 0 spiro atoms. The lowest BCUT2D eigenvalue weighted by Gasteiger charge is -2.51. The molecular weight excluding hydrogens is 757 g/mol. The third kappa shape index (κ3) is 8.74. The summed E-state index contributed by atoms with van der Waals surface area (Å²) in [5.41, 5.74) is 0. The first-order valence-electron chi connectivity index (χ1n) is 24.8. The summed E-state index contributed by atoms with van der Waals surface area (Å²) >= 11 is 0. The van der Waals surface area contributed by atoms with Gasteiger partial charge in [0.1, 0.15) is 0 Å². The predicted molar refractivity (Wildman–Crippen MR) is 224 cm³/mol. The predicted octanol–water partition coefficient (Wildman–Crippen LogP) is 4.79. The molecule has 0 aromatic heterocycles. The molecule has 4 aliphatic carbocycles. The summed E-state index contributed by atoms with van der Waals surface area (Å²) in [6.07, 6.45) is 22.9. The number of carbonyl (C=O) groups is 6. The van der Waals surface area contributed by atoms with Gasteiger partial charge in [0.05, 0.1) is 0 Å². The van der Waals surface area contributed by atoms with E-state index < -0.39 is 0 Å². The SMILES string of the molecule is O=C1CCC(C2CC(C3CC(C4CC(C5CCC(=O)N5)CC(C5CCC(=O)N5)C4)CC(C4CCC(=O)N4)C3)CC(C3CC(C4CCC(=O)N4)CC(C4CCC(=O)N4)C3)C2)N1. The normalized spacial score (nSPS) is 47.4. The number of amides is 6. The molecule has 10 aliphatic rings. The Balaban J connectivity index is 0.930. The second-order valence-electron chi connectivity index (χ2n) is 22.2. The molecule has 12 nitrogen and oxygen atoms in total. The van der Waals surface area contributed by atoms with Crippen LogP contribution in [-0.4, -0.2) is 71.7 Å². The van der Waals surface area contributed by atoms with E-state index in [1.165, 1.54) is 12.8 Å². The van der Waals surface area contributed by atoms with Crippen LogP contribution < -0.4 is 31.9 Å². The Morgan fingerprint density at radius 3 is 0.483 bits per heavy atom. The minimum atomic E-state index is 0.180. The fourth-order valence-electron chi connectivity index (χ4n) is 16.0. The number of hydrogen-bond acceptors (Lipinski definition) is 6. The Bertz CT molecular complexity index is 1500. The minimum Gasteiger partial charge on any atom is -0.353 e. The Morgan fingerprint density at radius 1 is 0.217 bits per heavy atom. The third-order valence-corrected chi connectivity index (χ3v) is 18.9. The Labute approximate surface area is 356 Å². The lowest BCUT2D eigenvalue weighted by molar-refractivity contribution is -0.120. The molecule has 12 heteroatoms. The van der Waals surface area contributed by atoms with Crippen molar-refractivity contribution in [2.75, 3.05) is 0 Å². The van der Waals surface area contributed by atoms with E-state index in [0.29, 0.717) is 110 Å². The van der Waals surface area contributed by atoms with E-state index in [9.17, 15) is 28.8 Å². The van der Waals surface area contributed by atoms with Gasteiger partial charge in [-0.1, -0.05) is 0 Å². The van der Waals surface area contributed by atoms with Gasteiger partial charge in [-0.3, -0.25) is 28.8 Å². The first-order valence-corrected chi connectivity index (χ1v) is 24.8. The van der Waals surface area contributed by atoms with Crippen molar-refractivity contribution in [3.8, 4) is 0 Å². The second-order valence-corrected chi connectivity index (χ2v) is 22.2. The van der Waals surface area contributed by atoms with Crippen LogP contribution in [0.5, 0.6) is 0 Å². The summed E-state index contributed by atoms with van der Waals surface area (Å²) in [6, 6.07) is 1.36. The number of carbonyl (C=O) groups excluding carboxylic acids is 6. The highest BCUT2D eigenvalue weighted by molar-refractivity contribution is 5.80. The molecule has 0 aromatic carbocycles. The van der Waals surface area contributed by atoms with Crippen LogP contribution in [0.25, 0.3) is 0 Å². The van der Waals surface area contributed by atoms with Crippen LogP contribution in [0.3, 0.4) is 0 Å². The monoisotopic (exact) mass is 829 g/mol. The van der Waals surface area contributed by atoms with Crippen LogP contribution in [-0.2, 0) is 28.8 Å². The first-order chi connectivity index (χ1) is 29.1. The highest BCUT2D eigenvalue weighted by Crippen LogP contribution is 2.55. The Hall–Kier alpha value is -3.18. The summed E-state index contributed by atoms with van der Waals surface area (Å²) < 4.78 is 0. The van der Waals surface area contributed by atoms with Gasteiger partial charge in [0, 0.05) is 74.8 Å². The van der Waals surface area contributed by atoms with Crippen molar-refractivity contribution in [2.45, 2.75) is 190 Å². The van der Waals surface area contributed by atoms with E-state index >= 15 is 0 Å². The van der Waals surface area contributed by atoms with Gasteiger partial charge in [0.2, 0.25) is 35.4 Å². The van der Waals surface area contributed by atoms with Gasteiger partial charge < -0.3 is 31.9 Å². The number of nitrogens with one attached hydrogen (secondary N) is 6. The van der Waals surface area contributed by atoms with Crippen LogP contribution in [0, 0.1) is 71.0 Å². The maximum absolute atomic E-state index is 12.7. The maximum atomic E-state index is 12.7. The molecule has 16 unspecified atom stereocenters. The molecule has 0 aromatic rings. The van der Waals surface area contributed by atoms with Crippen molar-refractivity contribution in [1.29, 1.82) is 0 Å². The lowest BCUT2D eigenvalue weighted by Crippen LogP contribution is -2.48. The van der Waals surface area contributed by atoms with E-state index in [1.807, 2.05) is 0 Å². The van der Waals surface area contributed by atoms with Gasteiger partial charge in [-0.2, -0.15) is 0 Å². The van der Waals surface area contributed by atoms with Crippen LogP contribution in [0.15, 0.2) is 0 Å². The van der Waals surface area contributed by atoms with Crippen molar-refractivity contribution < 1.29 is 28.8 Å². The zero-order valence-corrected chi connectivity index (χ0v) is 35.8. The second kappa shape index (κ2) is 17.2. The van der Waals surface area contributed by atoms with E-state index in [2.05, 4.69) is 31.9 Å². The third-order valence-electron chi connectivity index (χ3n) is 18.9. The van der Waals surface area contributed by atoms with Crippen molar-refractivity contribution >= 4 is 35.4 Å². The van der Waals surface area contributed by atoms with Crippen molar-refractivity contribution in [3.63, 3.8) is 0 Å². The maximum Gasteiger partial charge on any atom is 0.220 e. The smallest absolute Gasteiger partial charge is 0.220 e. The molecule has 4 saturated carbocycles. The molecular formula is C48H72N6O6. The first kappa shape index (κ1) is 40.9. The molecule has 60 heavy (non-hydrogen) atoms. The molecule has 6 N–H and O–H groups in total. The molecule has 6 heterocycles. The number of rotatable bonds is 9. The van der Waals surface area contributed by atoms with E-state index in [1.54, 1.807) is 0 Å². The average Bonchev–Trinajstić information content (AvgIpc) is 4.13. The van der Waals surface area contributed by atoms with Gasteiger partial charge in [0.25, 0.3) is 0 Å². The fourth-order valence-corrected chi connectivity index (χ4v) is 16.0. The van der Waals surface area contributed by atoms with Gasteiger partial charge >= 0.3 is 0 Å². The highest BCUT2D eigenvalue weighted by Gasteiger charge is 2.50. The van der Waals surface area contributed by atoms with Crippen LogP contribution in [0.2, 0.25) is 0 Å². The summed E-state index contributed by atoms with van der Waals surface area (Å²) in [5, 5.41) is 20.3. The van der Waals surface area contributed by atoms with Crippen LogP contribution in [0.1, 0.15) is 154 Å². The summed E-state index contributed by atoms with van der Waals surface area (Å²) in [5.74, 6) is 6.93. The molecule has 6 aliphatic heterocycles. The summed E-state index contributed by atoms with van der Waals surface area (Å²) in [7, 11) is 0. The average molecular weight is 829 g/mol. The van der Waals surface area contributed by atoms with Crippen molar-refractivity contribution in [3.05, 3.63) is 0 Å². The quantitative estimate of drug-likeness (QED) is 0.195. The van der Waals surface area contributed by atoms with E-state index in [0.717, 1.165) is 103 Å². The lowest BCUT2D eigenvalue weighted by atomic mass is 9.55. The van der Waals surface area contributed by atoms with Gasteiger partial charge in [-0.15, -0.1) is 0 Å². The van der Waals surface area contributed by atoms with Gasteiger partial charge in [-0.25, -0.2) is 0 Å². The number of hydrogen-bond donors (Lipinski definition) is 6. The highest BCUT2D eigenvalue weighted by atomic mass is 16.2. The molecule has 16 atom stereocenters. The molecule has 6 saturated heterocycles. The van der Waals surface area contributed by atoms with Crippen molar-refractivity contribution in [2.24, 2.45) is 71.0 Å². The standard InChI is InChI=1S/C48H72N6O6/c55-43-7-1-37(49-43)31-15-25(13-27(17-31)29-19-33(39-3-9-45(57)51-39)23-34(20-29)40-4-10-46(58)52-40)26-14-28(18-32(16-26)38-2-8-44(56)50-38)30-21-35(41-5-11-47(59)53-41)24-36(22-30)42-6-12-48(60)54-42/h25-42H,1-24H2,(H,49,55)(H,50,56)(H,51,57)(H,52,58)(H,53,59)(H,54,60). The Kier molecular flexibility index (Phi) is 11.7. The largest absolute Gasteiger partial charge is 0.353 e. The van der Waals surface area contributed by atoms with E-state index in [-0.39, 0.29) is 71.7 Å². The molecule has 0 radical (unpaired) electrons. The van der Waals surface area contributed by atoms with Crippen molar-refractivity contribution in [1.82, 2.24) is 31.9 Å². The summed E-state index contributed by atoms with van der Waals surface area (Å²) in [6.45, 7) is 0.